The molecule has 0 saturated carbocycles. The van der Waals surface area contributed by atoms with Crippen LogP contribution in [0.1, 0.15) is 18.9 Å². The molecule has 2 nitrogen and oxygen atoms in total. The molecule has 0 radical (unpaired) electrons. The third-order valence-corrected chi connectivity index (χ3v) is 4.35. The van der Waals surface area contributed by atoms with Crippen LogP contribution < -0.4 is 10.1 Å². The van der Waals surface area contributed by atoms with E-state index in [1.807, 2.05) is 17.8 Å². The van der Waals surface area contributed by atoms with Crippen molar-refractivity contribution >= 4 is 27.7 Å². The first-order chi connectivity index (χ1) is 8.69. The zero-order valence-electron chi connectivity index (χ0n) is 10.9. The molecule has 1 aliphatic rings. The Morgan fingerprint density at radius 1 is 1.56 bits per heavy atom. The second kappa shape index (κ2) is 6.83. The Balaban J connectivity index is 1.77. The Labute approximate surface area is 122 Å². The maximum Gasteiger partial charge on any atom is 0.123 e. The van der Waals surface area contributed by atoms with E-state index in [1.165, 1.54) is 17.7 Å². The summed E-state index contributed by atoms with van der Waals surface area (Å²) in [4.78, 5) is 0. The summed E-state index contributed by atoms with van der Waals surface area (Å²) in [6.45, 7) is 3.18. The van der Waals surface area contributed by atoms with E-state index in [0.717, 1.165) is 23.2 Å². The van der Waals surface area contributed by atoms with Gasteiger partial charge in [-0.25, -0.2) is 0 Å². The number of halogens is 1. The van der Waals surface area contributed by atoms with Crippen molar-refractivity contribution < 1.29 is 4.74 Å². The van der Waals surface area contributed by atoms with E-state index in [2.05, 4.69) is 46.6 Å². The van der Waals surface area contributed by atoms with E-state index in [0.29, 0.717) is 6.04 Å². The first-order valence-electron chi connectivity index (χ1n) is 6.36. The molecule has 0 amide bonds. The van der Waals surface area contributed by atoms with Crippen molar-refractivity contribution in [2.75, 3.05) is 18.6 Å². The van der Waals surface area contributed by atoms with Crippen LogP contribution in [0, 0.1) is 0 Å². The Bertz CT molecular complexity index is 399. The number of nitrogens with one attached hydrogen (secondary N) is 1. The quantitative estimate of drug-likeness (QED) is 0.863. The highest BCUT2D eigenvalue weighted by atomic mass is 79.9. The fourth-order valence-electron chi connectivity index (χ4n) is 2.13. The summed E-state index contributed by atoms with van der Waals surface area (Å²) in [5, 5.41) is 3.56. The molecular weight excluding hydrogens is 310 g/mol. The summed E-state index contributed by atoms with van der Waals surface area (Å²) in [6.07, 6.45) is 4.66. The second-order valence-electron chi connectivity index (χ2n) is 4.79. The van der Waals surface area contributed by atoms with Crippen molar-refractivity contribution in [2.45, 2.75) is 31.9 Å². The van der Waals surface area contributed by atoms with Gasteiger partial charge in [0.05, 0.1) is 0 Å². The molecule has 1 N–H and O–H groups in total. The topological polar surface area (TPSA) is 21.3 Å². The van der Waals surface area contributed by atoms with E-state index >= 15 is 0 Å². The highest BCUT2D eigenvalue weighted by Gasteiger charge is 2.22. The van der Waals surface area contributed by atoms with Crippen LogP contribution in [0.15, 0.2) is 22.7 Å². The Morgan fingerprint density at radius 3 is 3.17 bits per heavy atom. The number of fused-ring (bicyclic) bond motifs is 1. The maximum atomic E-state index is 5.93. The molecule has 100 valence electrons. The molecule has 1 heterocycles. The van der Waals surface area contributed by atoms with Crippen molar-refractivity contribution in [1.29, 1.82) is 0 Å². The third kappa shape index (κ3) is 3.90. The third-order valence-electron chi connectivity index (χ3n) is 3.21. The predicted molar refractivity (Wildman–Crippen MR) is 82.7 cm³/mol. The van der Waals surface area contributed by atoms with E-state index < -0.39 is 0 Å². The van der Waals surface area contributed by atoms with Gasteiger partial charge in [0.15, 0.2) is 0 Å². The monoisotopic (exact) mass is 329 g/mol. The van der Waals surface area contributed by atoms with Crippen LogP contribution >= 0.6 is 27.7 Å². The average molecular weight is 330 g/mol. The molecule has 1 aliphatic heterocycles. The zero-order valence-corrected chi connectivity index (χ0v) is 13.3. The van der Waals surface area contributed by atoms with Gasteiger partial charge < -0.3 is 10.1 Å². The number of ether oxygens (including phenoxy) is 1. The molecule has 0 bridgehead atoms. The lowest BCUT2D eigenvalue weighted by atomic mass is 10.1. The summed E-state index contributed by atoms with van der Waals surface area (Å²) >= 11 is 5.40. The average Bonchev–Trinajstić information content (AvgIpc) is 2.75. The van der Waals surface area contributed by atoms with Crippen molar-refractivity contribution in [1.82, 2.24) is 5.32 Å². The van der Waals surface area contributed by atoms with E-state index in [9.17, 15) is 0 Å². The van der Waals surface area contributed by atoms with Gasteiger partial charge in [-0.05, 0) is 49.1 Å². The first kappa shape index (κ1) is 14.2. The summed E-state index contributed by atoms with van der Waals surface area (Å²) in [6, 6.07) is 6.82. The number of rotatable bonds is 6. The van der Waals surface area contributed by atoms with Gasteiger partial charge in [-0.3, -0.25) is 0 Å². The molecule has 0 saturated heterocycles. The maximum absolute atomic E-state index is 5.93. The summed E-state index contributed by atoms with van der Waals surface area (Å²) in [7, 11) is 0. The summed E-state index contributed by atoms with van der Waals surface area (Å²) in [5.41, 5.74) is 1.31. The van der Waals surface area contributed by atoms with Gasteiger partial charge in [0.1, 0.15) is 11.9 Å². The highest BCUT2D eigenvalue weighted by Crippen LogP contribution is 2.30. The van der Waals surface area contributed by atoms with Crippen LogP contribution in [0.25, 0.3) is 0 Å². The van der Waals surface area contributed by atoms with Crippen molar-refractivity contribution in [2.24, 2.45) is 0 Å². The first-order valence-corrected chi connectivity index (χ1v) is 8.55. The smallest absolute Gasteiger partial charge is 0.123 e. The lowest BCUT2D eigenvalue weighted by molar-refractivity contribution is 0.222. The van der Waals surface area contributed by atoms with Crippen LogP contribution in [0.5, 0.6) is 5.75 Å². The molecule has 0 spiro atoms. The number of hydrogen-bond acceptors (Lipinski definition) is 3. The van der Waals surface area contributed by atoms with Crippen LogP contribution in [0.4, 0.5) is 0 Å². The predicted octanol–water partition coefficient (Wildman–Crippen LogP) is 3.48. The van der Waals surface area contributed by atoms with Crippen LogP contribution in [-0.2, 0) is 6.42 Å². The number of thioether (sulfide) groups is 1. The highest BCUT2D eigenvalue weighted by molar-refractivity contribution is 9.10. The lowest BCUT2D eigenvalue weighted by Gasteiger charge is -2.16. The Hall–Kier alpha value is -0.190. The van der Waals surface area contributed by atoms with Gasteiger partial charge >= 0.3 is 0 Å². The minimum Gasteiger partial charge on any atom is -0.488 e. The van der Waals surface area contributed by atoms with Gasteiger partial charge in [0, 0.05) is 23.5 Å². The van der Waals surface area contributed by atoms with Gasteiger partial charge in [0.25, 0.3) is 0 Å². The van der Waals surface area contributed by atoms with Crippen LogP contribution in [0.3, 0.4) is 0 Å². The standard InChI is InChI=1S/C14H20BrNOS/c1-10(5-6-18-2)16-9-13-8-11-7-12(15)3-4-14(11)17-13/h3-4,7,10,13,16H,5-6,8-9H2,1-2H3. The second-order valence-corrected chi connectivity index (χ2v) is 6.69. The van der Waals surface area contributed by atoms with Gasteiger partial charge in [-0.2, -0.15) is 11.8 Å². The molecule has 1 aromatic rings. The van der Waals surface area contributed by atoms with Crippen molar-refractivity contribution in [3.63, 3.8) is 0 Å². The molecule has 4 heteroatoms. The zero-order chi connectivity index (χ0) is 13.0. The molecule has 2 unspecified atom stereocenters. The molecule has 0 aromatic heterocycles. The minimum absolute atomic E-state index is 0.283. The molecule has 2 rings (SSSR count). The van der Waals surface area contributed by atoms with E-state index in [1.54, 1.807) is 0 Å². The molecule has 0 aliphatic carbocycles. The molecule has 0 fully saturated rings. The molecular formula is C14H20BrNOS. The number of benzene rings is 1. The minimum atomic E-state index is 0.283. The van der Waals surface area contributed by atoms with Gasteiger partial charge in [0.2, 0.25) is 0 Å². The Kier molecular flexibility index (Phi) is 5.39. The van der Waals surface area contributed by atoms with Crippen LogP contribution in [0.2, 0.25) is 0 Å². The Morgan fingerprint density at radius 2 is 2.39 bits per heavy atom. The van der Waals surface area contributed by atoms with Crippen molar-refractivity contribution in [3.8, 4) is 5.75 Å². The van der Waals surface area contributed by atoms with Crippen molar-refractivity contribution in [3.05, 3.63) is 28.2 Å². The SMILES string of the molecule is CSCCC(C)NCC1Cc2cc(Br)ccc2O1. The fraction of sp³-hybridized carbons (Fsp3) is 0.571. The van der Waals surface area contributed by atoms with Gasteiger partial charge in [-0.15, -0.1) is 0 Å². The largest absolute Gasteiger partial charge is 0.488 e. The van der Waals surface area contributed by atoms with Crippen LogP contribution in [-0.4, -0.2) is 30.7 Å². The van der Waals surface area contributed by atoms with E-state index in [4.69, 9.17) is 4.74 Å². The van der Waals surface area contributed by atoms with Gasteiger partial charge in [-0.1, -0.05) is 15.9 Å². The van der Waals surface area contributed by atoms with E-state index in [-0.39, 0.29) is 6.10 Å². The molecule has 18 heavy (non-hydrogen) atoms. The summed E-state index contributed by atoms with van der Waals surface area (Å²) < 4.78 is 7.06. The normalized spacial score (nSPS) is 19.4. The summed E-state index contributed by atoms with van der Waals surface area (Å²) in [5.74, 6) is 2.26. The number of hydrogen-bond donors (Lipinski definition) is 1. The molecule has 2 atom stereocenters. The molecule has 1 aromatic carbocycles. The fourth-order valence-corrected chi connectivity index (χ4v) is 3.13. The lowest BCUT2D eigenvalue weighted by Crippen LogP contribution is -2.36.